The number of imide groups is 1. The van der Waals surface area contributed by atoms with Crippen molar-refractivity contribution in [1.82, 2.24) is 5.32 Å². The van der Waals surface area contributed by atoms with Gasteiger partial charge in [-0.2, -0.15) is 0 Å². The molecule has 3 rings (SSSR count). The first-order chi connectivity index (χ1) is 11.0. The number of carbonyl (C=O) groups is 2. The summed E-state index contributed by atoms with van der Waals surface area (Å²) in [6.45, 7) is 0. The lowest BCUT2D eigenvalue weighted by Crippen LogP contribution is -2.30. The van der Waals surface area contributed by atoms with Crippen LogP contribution in [0.15, 0.2) is 52.6 Å². The van der Waals surface area contributed by atoms with Gasteiger partial charge in [-0.3, -0.25) is 4.79 Å². The van der Waals surface area contributed by atoms with Crippen LogP contribution in [-0.4, -0.2) is 17.0 Å². The summed E-state index contributed by atoms with van der Waals surface area (Å²) >= 11 is 5.34. The van der Waals surface area contributed by atoms with E-state index in [-0.39, 0.29) is 11.4 Å². The lowest BCUT2D eigenvalue weighted by molar-refractivity contribution is -0.113. The summed E-state index contributed by atoms with van der Waals surface area (Å²) in [7, 11) is 0. The first kappa shape index (κ1) is 16.0. The van der Waals surface area contributed by atoms with Crippen molar-refractivity contribution < 1.29 is 14.7 Å². The van der Waals surface area contributed by atoms with Crippen molar-refractivity contribution in [1.29, 1.82) is 0 Å². The second-order valence-electron chi connectivity index (χ2n) is 4.79. The molecule has 0 spiro atoms. The van der Waals surface area contributed by atoms with Crippen LogP contribution in [-0.2, 0) is 4.79 Å². The molecule has 7 heteroatoms. The average molecular weight is 485 g/mol. The zero-order valence-electron chi connectivity index (χ0n) is 11.6. The van der Waals surface area contributed by atoms with Gasteiger partial charge in [0.25, 0.3) is 5.91 Å². The van der Waals surface area contributed by atoms with Gasteiger partial charge in [-0.25, -0.2) is 9.69 Å². The predicted molar refractivity (Wildman–Crippen MR) is 99.0 cm³/mol. The highest BCUT2D eigenvalue weighted by atomic mass is 127. The van der Waals surface area contributed by atoms with Crippen molar-refractivity contribution in [3.05, 3.63) is 61.8 Å². The Morgan fingerprint density at radius 3 is 2.57 bits per heavy atom. The maximum absolute atomic E-state index is 12.5. The lowest BCUT2D eigenvalue weighted by Gasteiger charge is -2.10. The molecule has 1 aliphatic rings. The van der Waals surface area contributed by atoms with Gasteiger partial charge in [-0.1, -0.05) is 34.1 Å². The average Bonchev–Trinajstić information content (AvgIpc) is 2.79. The number of aromatic hydroxyl groups is 1. The fraction of sp³-hybridized carbons (Fsp3) is 0. The Morgan fingerprint density at radius 2 is 1.87 bits per heavy atom. The standard InChI is InChI=1S/C16H10BrIN2O3/c17-10-6-9(14(21)12(18)8-10)7-13-15(22)20(16(23)19-13)11-4-2-1-3-5-11/h1-8,21H,(H,19,23)/b13-7-. The molecule has 0 saturated carbocycles. The molecule has 0 radical (unpaired) electrons. The van der Waals surface area contributed by atoms with Crippen LogP contribution >= 0.6 is 38.5 Å². The Morgan fingerprint density at radius 1 is 1.17 bits per heavy atom. The van der Waals surface area contributed by atoms with Crippen LogP contribution in [0.3, 0.4) is 0 Å². The number of halogens is 2. The molecule has 1 saturated heterocycles. The van der Waals surface area contributed by atoms with E-state index in [0.717, 1.165) is 9.37 Å². The van der Waals surface area contributed by atoms with Crippen molar-refractivity contribution in [2.75, 3.05) is 4.90 Å². The maximum atomic E-state index is 12.5. The maximum Gasteiger partial charge on any atom is 0.333 e. The molecule has 1 aliphatic heterocycles. The molecule has 116 valence electrons. The topological polar surface area (TPSA) is 69.6 Å². The fourth-order valence-corrected chi connectivity index (χ4v) is 3.75. The zero-order chi connectivity index (χ0) is 16.6. The highest BCUT2D eigenvalue weighted by molar-refractivity contribution is 14.1. The molecule has 0 bridgehead atoms. The molecule has 0 aromatic heterocycles. The number of nitrogens with one attached hydrogen (secondary N) is 1. The van der Waals surface area contributed by atoms with Gasteiger partial charge in [-0.05, 0) is 52.9 Å². The van der Waals surface area contributed by atoms with Gasteiger partial charge in [-0.15, -0.1) is 0 Å². The molecule has 3 amide bonds. The Bertz CT molecular complexity index is 837. The van der Waals surface area contributed by atoms with Crippen molar-refractivity contribution in [3.8, 4) is 5.75 Å². The van der Waals surface area contributed by atoms with Gasteiger partial charge < -0.3 is 10.4 Å². The summed E-state index contributed by atoms with van der Waals surface area (Å²) in [6, 6.07) is 11.6. The normalized spacial score (nSPS) is 16.1. The molecule has 0 atom stereocenters. The fourth-order valence-electron chi connectivity index (χ4n) is 2.20. The van der Waals surface area contributed by atoms with Crippen LogP contribution in [0.4, 0.5) is 10.5 Å². The molecular formula is C16H10BrIN2O3. The second-order valence-corrected chi connectivity index (χ2v) is 6.87. The van der Waals surface area contributed by atoms with E-state index in [4.69, 9.17) is 0 Å². The van der Waals surface area contributed by atoms with Gasteiger partial charge in [0.15, 0.2) is 0 Å². The molecule has 2 aromatic carbocycles. The van der Waals surface area contributed by atoms with E-state index in [0.29, 0.717) is 14.8 Å². The van der Waals surface area contributed by atoms with E-state index < -0.39 is 11.9 Å². The summed E-state index contributed by atoms with van der Waals surface area (Å²) in [5.74, 6) is -0.405. The first-order valence-corrected chi connectivity index (χ1v) is 8.45. The number of nitrogens with zero attached hydrogens (tertiary/aromatic N) is 1. The van der Waals surface area contributed by atoms with Crippen molar-refractivity contribution >= 4 is 62.2 Å². The molecule has 1 fully saturated rings. The lowest BCUT2D eigenvalue weighted by atomic mass is 10.1. The SMILES string of the molecule is O=C1N/C(=C\c2cc(Br)cc(I)c2O)C(=O)N1c1ccccc1. The molecule has 2 aromatic rings. The Kier molecular flexibility index (Phi) is 4.40. The number of hydrogen-bond donors (Lipinski definition) is 2. The molecular weight excluding hydrogens is 475 g/mol. The molecule has 0 unspecified atom stereocenters. The van der Waals surface area contributed by atoms with E-state index in [1.165, 1.54) is 6.08 Å². The van der Waals surface area contributed by atoms with Gasteiger partial charge >= 0.3 is 6.03 Å². The molecule has 23 heavy (non-hydrogen) atoms. The largest absolute Gasteiger partial charge is 0.506 e. The number of phenols is 1. The summed E-state index contributed by atoms with van der Waals surface area (Å²) in [4.78, 5) is 25.6. The molecule has 1 heterocycles. The third-order valence-electron chi connectivity index (χ3n) is 3.25. The summed E-state index contributed by atoms with van der Waals surface area (Å²) < 4.78 is 1.41. The first-order valence-electron chi connectivity index (χ1n) is 6.57. The number of amides is 3. The minimum Gasteiger partial charge on any atom is -0.506 e. The zero-order valence-corrected chi connectivity index (χ0v) is 15.3. The number of urea groups is 1. The molecule has 5 nitrogen and oxygen atoms in total. The van der Waals surface area contributed by atoms with E-state index in [2.05, 4.69) is 21.2 Å². The van der Waals surface area contributed by atoms with Crippen molar-refractivity contribution in [2.24, 2.45) is 0 Å². The number of para-hydroxylation sites is 1. The van der Waals surface area contributed by atoms with Crippen LogP contribution in [0, 0.1) is 3.57 Å². The van der Waals surface area contributed by atoms with Crippen LogP contribution in [0.1, 0.15) is 5.56 Å². The third kappa shape index (κ3) is 3.11. The van der Waals surface area contributed by atoms with Crippen LogP contribution < -0.4 is 10.2 Å². The summed E-state index contributed by atoms with van der Waals surface area (Å²) in [5, 5.41) is 12.6. The minimum absolute atomic E-state index is 0.0570. The Balaban J connectivity index is 2.00. The number of carbonyl (C=O) groups excluding carboxylic acids is 2. The van der Waals surface area contributed by atoms with Gasteiger partial charge in [0.05, 0.1) is 9.26 Å². The molecule has 2 N–H and O–H groups in total. The van der Waals surface area contributed by atoms with Gasteiger partial charge in [0.1, 0.15) is 11.4 Å². The quantitative estimate of drug-likeness (QED) is 0.386. The highest BCUT2D eigenvalue weighted by Crippen LogP contribution is 2.31. The van der Waals surface area contributed by atoms with E-state index in [9.17, 15) is 14.7 Å². The second kappa shape index (κ2) is 6.32. The van der Waals surface area contributed by atoms with E-state index in [1.807, 2.05) is 22.6 Å². The number of rotatable bonds is 2. The summed E-state index contributed by atoms with van der Waals surface area (Å²) in [6.07, 6.45) is 1.46. The highest BCUT2D eigenvalue weighted by Gasteiger charge is 2.34. The smallest absolute Gasteiger partial charge is 0.333 e. The van der Waals surface area contributed by atoms with Crippen molar-refractivity contribution in [3.63, 3.8) is 0 Å². The number of phenolic OH excluding ortho intramolecular Hbond substituents is 1. The van der Waals surface area contributed by atoms with E-state index >= 15 is 0 Å². The predicted octanol–water partition coefficient (Wildman–Crippen LogP) is 3.86. The summed E-state index contributed by atoms with van der Waals surface area (Å²) in [5.41, 5.74) is 1.05. The molecule has 0 aliphatic carbocycles. The number of benzene rings is 2. The number of anilines is 1. The van der Waals surface area contributed by atoms with Crippen LogP contribution in [0.25, 0.3) is 6.08 Å². The van der Waals surface area contributed by atoms with E-state index in [1.54, 1.807) is 42.5 Å². The monoisotopic (exact) mass is 484 g/mol. The van der Waals surface area contributed by atoms with Gasteiger partial charge in [0.2, 0.25) is 0 Å². The van der Waals surface area contributed by atoms with Gasteiger partial charge in [0, 0.05) is 10.0 Å². The number of hydrogen-bond acceptors (Lipinski definition) is 3. The van der Waals surface area contributed by atoms with Crippen LogP contribution in [0.2, 0.25) is 0 Å². The van der Waals surface area contributed by atoms with Crippen molar-refractivity contribution in [2.45, 2.75) is 0 Å². The Hall–Kier alpha value is -1.87. The van der Waals surface area contributed by atoms with Crippen LogP contribution in [0.5, 0.6) is 5.75 Å². The Labute approximate surface area is 154 Å². The third-order valence-corrected chi connectivity index (χ3v) is 4.53. The minimum atomic E-state index is -0.517.